The van der Waals surface area contributed by atoms with Crippen molar-refractivity contribution in [1.82, 2.24) is 0 Å². The van der Waals surface area contributed by atoms with Gasteiger partial charge in [0.05, 0.1) is 0 Å². The van der Waals surface area contributed by atoms with Crippen molar-refractivity contribution in [3.63, 3.8) is 0 Å². The summed E-state index contributed by atoms with van der Waals surface area (Å²) in [5, 5.41) is 0. The second-order valence-corrected chi connectivity index (χ2v) is 4.52. The first-order valence-electron chi connectivity index (χ1n) is 4.68. The van der Waals surface area contributed by atoms with Crippen molar-refractivity contribution in [3.05, 3.63) is 34.3 Å². The molecule has 0 aromatic heterocycles. The highest BCUT2D eigenvalue weighted by molar-refractivity contribution is 9.10. The van der Waals surface area contributed by atoms with Crippen LogP contribution in [-0.2, 0) is 6.42 Å². The van der Waals surface area contributed by atoms with Crippen LogP contribution in [-0.4, -0.2) is 5.75 Å². The molecule has 1 aromatic carbocycles. The van der Waals surface area contributed by atoms with Gasteiger partial charge in [-0.05, 0) is 42.7 Å². The molecule has 0 atom stereocenters. The third-order valence-electron chi connectivity index (χ3n) is 2.04. The second-order valence-electron chi connectivity index (χ2n) is 3.16. The van der Waals surface area contributed by atoms with E-state index in [2.05, 4.69) is 52.8 Å². The van der Waals surface area contributed by atoms with E-state index in [9.17, 15) is 0 Å². The van der Waals surface area contributed by atoms with Crippen LogP contribution in [0.1, 0.15) is 24.8 Å². The van der Waals surface area contributed by atoms with E-state index in [0.717, 1.165) is 10.2 Å². The Morgan fingerprint density at radius 2 is 1.69 bits per heavy atom. The molecule has 0 bridgehead atoms. The van der Waals surface area contributed by atoms with Crippen LogP contribution in [0, 0.1) is 0 Å². The quantitative estimate of drug-likeness (QED) is 0.597. The molecule has 0 aliphatic rings. The van der Waals surface area contributed by atoms with Crippen molar-refractivity contribution in [3.8, 4) is 0 Å². The third kappa shape index (κ3) is 4.72. The molecule has 72 valence electrons. The monoisotopic (exact) mass is 258 g/mol. The van der Waals surface area contributed by atoms with E-state index in [4.69, 9.17) is 0 Å². The van der Waals surface area contributed by atoms with E-state index in [-0.39, 0.29) is 0 Å². The highest BCUT2D eigenvalue weighted by Crippen LogP contribution is 2.12. The smallest absolute Gasteiger partial charge is 0.0175 e. The Morgan fingerprint density at radius 3 is 2.31 bits per heavy atom. The van der Waals surface area contributed by atoms with Gasteiger partial charge in [-0.25, -0.2) is 0 Å². The van der Waals surface area contributed by atoms with Crippen LogP contribution < -0.4 is 0 Å². The molecule has 0 heterocycles. The predicted molar refractivity (Wildman–Crippen MR) is 65.6 cm³/mol. The molecule has 0 amide bonds. The highest BCUT2D eigenvalue weighted by atomic mass is 79.9. The van der Waals surface area contributed by atoms with Gasteiger partial charge in [0.2, 0.25) is 0 Å². The Balaban J connectivity index is 2.25. The molecule has 0 saturated carbocycles. The summed E-state index contributed by atoms with van der Waals surface area (Å²) in [6.45, 7) is 0. The maximum atomic E-state index is 4.19. The summed E-state index contributed by atoms with van der Waals surface area (Å²) in [7, 11) is 0. The van der Waals surface area contributed by atoms with Gasteiger partial charge in [0.1, 0.15) is 0 Å². The predicted octanol–water partition coefficient (Wildman–Crippen LogP) is 4.09. The number of thiol groups is 1. The number of aryl methyl sites for hydroxylation is 1. The summed E-state index contributed by atoms with van der Waals surface area (Å²) < 4.78 is 1.16. The van der Waals surface area contributed by atoms with Gasteiger partial charge in [-0.15, -0.1) is 0 Å². The average Bonchev–Trinajstić information content (AvgIpc) is 2.15. The van der Waals surface area contributed by atoms with Crippen molar-refractivity contribution >= 4 is 28.6 Å². The van der Waals surface area contributed by atoms with Gasteiger partial charge in [-0.3, -0.25) is 0 Å². The summed E-state index contributed by atoms with van der Waals surface area (Å²) in [4.78, 5) is 0. The lowest BCUT2D eigenvalue weighted by atomic mass is 10.1. The number of benzene rings is 1. The molecule has 0 saturated heterocycles. The molecule has 0 radical (unpaired) electrons. The molecule has 0 nitrogen and oxygen atoms in total. The van der Waals surface area contributed by atoms with Crippen LogP contribution in [0.4, 0.5) is 0 Å². The minimum atomic E-state index is 1.01. The summed E-state index contributed by atoms with van der Waals surface area (Å²) >= 11 is 7.62. The largest absolute Gasteiger partial charge is 0.179 e. The number of hydrogen-bond acceptors (Lipinski definition) is 1. The highest BCUT2D eigenvalue weighted by Gasteiger charge is 1.93. The van der Waals surface area contributed by atoms with Gasteiger partial charge in [0.25, 0.3) is 0 Å². The van der Waals surface area contributed by atoms with Gasteiger partial charge < -0.3 is 0 Å². The molecule has 0 fully saturated rings. The van der Waals surface area contributed by atoms with Crippen molar-refractivity contribution in [2.75, 3.05) is 5.75 Å². The van der Waals surface area contributed by atoms with Crippen LogP contribution in [0.3, 0.4) is 0 Å². The lowest BCUT2D eigenvalue weighted by Gasteiger charge is -2.00. The number of rotatable bonds is 5. The zero-order valence-corrected chi connectivity index (χ0v) is 10.2. The molecule has 1 aromatic rings. The number of unbranched alkanes of at least 4 members (excludes halogenated alkanes) is 2. The molecular weight excluding hydrogens is 244 g/mol. The van der Waals surface area contributed by atoms with Gasteiger partial charge in [0.15, 0.2) is 0 Å². The number of halogens is 1. The van der Waals surface area contributed by atoms with Crippen molar-refractivity contribution in [2.45, 2.75) is 25.7 Å². The van der Waals surface area contributed by atoms with Gasteiger partial charge in [-0.2, -0.15) is 12.6 Å². The first-order chi connectivity index (χ1) is 6.33. The first-order valence-corrected chi connectivity index (χ1v) is 6.11. The van der Waals surface area contributed by atoms with Gasteiger partial charge >= 0.3 is 0 Å². The van der Waals surface area contributed by atoms with E-state index < -0.39 is 0 Å². The van der Waals surface area contributed by atoms with Gasteiger partial charge in [0, 0.05) is 4.47 Å². The zero-order valence-electron chi connectivity index (χ0n) is 7.67. The molecule has 0 spiro atoms. The molecule has 13 heavy (non-hydrogen) atoms. The number of hydrogen-bond donors (Lipinski definition) is 1. The topological polar surface area (TPSA) is 0 Å². The van der Waals surface area contributed by atoms with E-state index in [1.807, 2.05) is 0 Å². The first kappa shape index (κ1) is 11.1. The van der Waals surface area contributed by atoms with Crippen LogP contribution in [0.2, 0.25) is 0 Å². The van der Waals surface area contributed by atoms with Crippen molar-refractivity contribution in [1.29, 1.82) is 0 Å². The maximum Gasteiger partial charge on any atom is 0.0175 e. The van der Waals surface area contributed by atoms with Gasteiger partial charge in [-0.1, -0.05) is 34.5 Å². The fourth-order valence-corrected chi connectivity index (χ4v) is 1.76. The minimum Gasteiger partial charge on any atom is -0.179 e. The summed E-state index contributed by atoms with van der Waals surface area (Å²) in [6.07, 6.45) is 5.00. The van der Waals surface area contributed by atoms with Crippen molar-refractivity contribution in [2.24, 2.45) is 0 Å². The van der Waals surface area contributed by atoms with Crippen LogP contribution in [0.25, 0.3) is 0 Å². The molecule has 0 aliphatic carbocycles. The summed E-state index contributed by atoms with van der Waals surface area (Å²) in [5.74, 6) is 1.01. The molecule has 0 N–H and O–H groups in total. The Morgan fingerprint density at radius 1 is 1.00 bits per heavy atom. The van der Waals surface area contributed by atoms with Crippen LogP contribution in [0.15, 0.2) is 28.7 Å². The molecule has 0 aliphatic heterocycles. The molecule has 1 rings (SSSR count). The third-order valence-corrected chi connectivity index (χ3v) is 2.88. The summed E-state index contributed by atoms with van der Waals surface area (Å²) in [6, 6.07) is 8.58. The van der Waals surface area contributed by atoms with Crippen LogP contribution >= 0.6 is 28.6 Å². The average molecular weight is 259 g/mol. The lowest BCUT2D eigenvalue weighted by molar-refractivity contribution is 0.723. The molecular formula is C11H15BrS. The van der Waals surface area contributed by atoms with E-state index in [1.165, 1.54) is 31.2 Å². The Hall–Kier alpha value is 0.0500. The fraction of sp³-hybridized carbons (Fsp3) is 0.455. The van der Waals surface area contributed by atoms with E-state index in [0.29, 0.717) is 0 Å². The standard InChI is InChI=1S/C11H15BrS/c12-11-7-5-10(6-8-11)4-2-1-3-9-13/h5-8,13H,1-4,9H2. The Kier molecular flexibility index (Phi) is 5.56. The van der Waals surface area contributed by atoms with E-state index >= 15 is 0 Å². The molecule has 0 unspecified atom stereocenters. The van der Waals surface area contributed by atoms with Crippen molar-refractivity contribution < 1.29 is 0 Å². The Labute approximate surface area is 94.3 Å². The SMILES string of the molecule is SCCCCCc1ccc(Br)cc1. The van der Waals surface area contributed by atoms with E-state index in [1.54, 1.807) is 0 Å². The maximum absolute atomic E-state index is 4.19. The fourth-order valence-electron chi connectivity index (χ4n) is 1.27. The second kappa shape index (κ2) is 6.50. The normalized spacial score (nSPS) is 10.3. The Bertz CT molecular complexity index is 230. The molecule has 2 heteroatoms. The lowest BCUT2D eigenvalue weighted by Crippen LogP contribution is -1.85. The minimum absolute atomic E-state index is 1.01. The zero-order chi connectivity index (χ0) is 9.52. The summed E-state index contributed by atoms with van der Waals surface area (Å²) in [5.41, 5.74) is 1.43. The van der Waals surface area contributed by atoms with Crippen LogP contribution in [0.5, 0.6) is 0 Å².